The van der Waals surface area contributed by atoms with Crippen molar-refractivity contribution in [2.24, 2.45) is 29.1 Å². The fourth-order valence-corrected chi connectivity index (χ4v) is 6.55. The van der Waals surface area contributed by atoms with Crippen molar-refractivity contribution in [2.45, 2.75) is 65.1 Å². The number of rotatable bonds is 8. The fraction of sp³-hybridized carbons (Fsp3) is 0.533. The van der Waals surface area contributed by atoms with Crippen LogP contribution >= 0.6 is 0 Å². The quantitative estimate of drug-likeness (QED) is 0.512. The Bertz CT molecular complexity index is 1010. The van der Waals surface area contributed by atoms with Gasteiger partial charge in [-0.1, -0.05) is 69.3 Å². The van der Waals surface area contributed by atoms with E-state index in [1.54, 1.807) is 0 Å². The van der Waals surface area contributed by atoms with Gasteiger partial charge in [0.1, 0.15) is 5.75 Å². The molecule has 2 fully saturated rings. The zero-order valence-electron chi connectivity index (χ0n) is 21.7. The highest BCUT2D eigenvalue weighted by Crippen LogP contribution is 2.55. The Morgan fingerprint density at radius 2 is 1.69 bits per heavy atom. The number of carbonyl (C=O) groups excluding carboxylic acids is 2. The van der Waals surface area contributed by atoms with E-state index in [-0.39, 0.29) is 53.5 Å². The lowest BCUT2D eigenvalue weighted by Gasteiger charge is -2.56. The third kappa shape index (κ3) is 5.92. The van der Waals surface area contributed by atoms with Gasteiger partial charge in [0.15, 0.2) is 6.61 Å². The topological polar surface area (TPSA) is 87.7 Å². The number of ether oxygens (including phenoxy) is 1. The number of hydrogen-bond donors (Lipinski definition) is 3. The van der Waals surface area contributed by atoms with E-state index in [2.05, 4.69) is 24.5 Å². The number of hydrogen-bond acceptors (Lipinski definition) is 4. The normalized spacial score (nSPS) is 30.5. The van der Waals surface area contributed by atoms with E-state index >= 15 is 0 Å². The van der Waals surface area contributed by atoms with E-state index in [4.69, 9.17) is 4.74 Å². The van der Waals surface area contributed by atoms with Crippen LogP contribution in [0.3, 0.4) is 0 Å². The van der Waals surface area contributed by atoms with Crippen molar-refractivity contribution in [3.05, 3.63) is 66.2 Å². The molecule has 6 nitrogen and oxygen atoms in total. The number of carbonyl (C=O) groups is 2. The number of aliphatic hydroxyl groups is 1. The third-order valence-corrected chi connectivity index (χ3v) is 8.71. The molecule has 6 heteroatoms. The molecule has 0 unspecified atom stereocenters. The first kappa shape index (κ1) is 26.2. The summed E-state index contributed by atoms with van der Waals surface area (Å²) in [6.07, 6.45) is 3.07. The van der Waals surface area contributed by atoms with Crippen LogP contribution in [-0.4, -0.2) is 35.7 Å². The van der Waals surface area contributed by atoms with Gasteiger partial charge in [-0.2, -0.15) is 0 Å². The molecule has 36 heavy (non-hydrogen) atoms. The molecule has 7 atom stereocenters. The summed E-state index contributed by atoms with van der Waals surface area (Å²) in [4.78, 5) is 25.6. The Kier molecular flexibility index (Phi) is 8.35. The van der Waals surface area contributed by atoms with Crippen molar-refractivity contribution in [3.8, 4) is 5.75 Å². The zero-order chi connectivity index (χ0) is 25.7. The molecule has 2 aliphatic carbocycles. The number of fused-ring (bicyclic) bond motifs is 1. The molecule has 0 saturated heterocycles. The van der Waals surface area contributed by atoms with Crippen molar-refractivity contribution >= 4 is 11.8 Å². The summed E-state index contributed by atoms with van der Waals surface area (Å²) in [6, 6.07) is 19.2. The van der Waals surface area contributed by atoms with Crippen molar-refractivity contribution in [3.63, 3.8) is 0 Å². The molecule has 0 heterocycles. The average molecular weight is 493 g/mol. The molecule has 2 aromatic rings. The Hall–Kier alpha value is -2.86. The van der Waals surface area contributed by atoms with E-state index in [1.165, 1.54) is 0 Å². The van der Waals surface area contributed by atoms with E-state index in [9.17, 15) is 14.7 Å². The van der Waals surface area contributed by atoms with Crippen LogP contribution in [0.2, 0.25) is 0 Å². The van der Waals surface area contributed by atoms with Gasteiger partial charge in [-0.3, -0.25) is 9.59 Å². The monoisotopic (exact) mass is 492 g/mol. The molecule has 2 aliphatic rings. The number of amides is 2. The predicted octanol–water partition coefficient (Wildman–Crippen LogP) is 4.33. The summed E-state index contributed by atoms with van der Waals surface area (Å²) in [6.45, 7) is 6.80. The molecule has 0 radical (unpaired) electrons. The Morgan fingerprint density at radius 1 is 1.06 bits per heavy atom. The molecule has 2 aromatic carbocycles. The molecule has 0 aromatic heterocycles. The number of para-hydroxylation sites is 1. The van der Waals surface area contributed by atoms with E-state index in [0.717, 1.165) is 31.2 Å². The summed E-state index contributed by atoms with van der Waals surface area (Å²) in [5.41, 5.74) is 1.07. The minimum atomic E-state index is -0.587. The van der Waals surface area contributed by atoms with Gasteiger partial charge in [-0.05, 0) is 66.5 Å². The molecule has 4 rings (SSSR count). The first-order valence-electron chi connectivity index (χ1n) is 13.3. The Balaban J connectivity index is 1.36. The standard InChI is InChI=1S/C30H40N2O4/c1-20(29(35)31-18-22-10-6-4-7-11-22)24-14-16-30(3)17-15-25(21(2)27(30)28(24)34)32-26(33)19-36-23-12-8-5-9-13-23/h4-13,20-21,24-25,27-28,34H,14-19H2,1-3H3,(H,31,35)(H,32,33)/t20-,21+,24+,25-,27+,28-,30-/m0/s1. The van der Waals surface area contributed by atoms with Crippen LogP contribution in [0.4, 0.5) is 0 Å². The van der Waals surface area contributed by atoms with Gasteiger partial charge >= 0.3 is 0 Å². The zero-order valence-corrected chi connectivity index (χ0v) is 21.7. The van der Waals surface area contributed by atoms with Gasteiger partial charge < -0.3 is 20.5 Å². The first-order chi connectivity index (χ1) is 17.3. The molecule has 194 valence electrons. The predicted molar refractivity (Wildman–Crippen MR) is 140 cm³/mol. The molecular formula is C30H40N2O4. The van der Waals surface area contributed by atoms with Gasteiger partial charge in [0.2, 0.25) is 5.91 Å². The molecule has 3 N–H and O–H groups in total. The lowest BCUT2D eigenvalue weighted by Crippen LogP contribution is -2.58. The maximum Gasteiger partial charge on any atom is 0.258 e. The van der Waals surface area contributed by atoms with Crippen molar-refractivity contribution < 1.29 is 19.4 Å². The highest BCUT2D eigenvalue weighted by atomic mass is 16.5. The van der Waals surface area contributed by atoms with Crippen molar-refractivity contribution in [2.75, 3.05) is 6.61 Å². The maximum atomic E-state index is 13.0. The number of aliphatic hydroxyl groups excluding tert-OH is 1. The van der Waals surface area contributed by atoms with Crippen LogP contribution in [0.15, 0.2) is 60.7 Å². The van der Waals surface area contributed by atoms with E-state index in [0.29, 0.717) is 12.3 Å². The fourth-order valence-electron chi connectivity index (χ4n) is 6.55. The molecule has 2 saturated carbocycles. The van der Waals surface area contributed by atoms with Crippen molar-refractivity contribution in [1.82, 2.24) is 10.6 Å². The summed E-state index contributed by atoms with van der Waals surface area (Å²) in [5, 5.41) is 17.8. The Morgan fingerprint density at radius 3 is 2.39 bits per heavy atom. The van der Waals surface area contributed by atoms with E-state index < -0.39 is 6.10 Å². The Labute approximate surface area is 214 Å². The summed E-state index contributed by atoms with van der Waals surface area (Å²) in [5.74, 6) is 0.248. The van der Waals surface area contributed by atoms with Crippen LogP contribution in [0.25, 0.3) is 0 Å². The summed E-state index contributed by atoms with van der Waals surface area (Å²) >= 11 is 0. The van der Waals surface area contributed by atoms with Gasteiger partial charge in [0.05, 0.1) is 6.10 Å². The minimum Gasteiger partial charge on any atom is -0.484 e. The smallest absolute Gasteiger partial charge is 0.258 e. The van der Waals surface area contributed by atoms with Crippen molar-refractivity contribution in [1.29, 1.82) is 0 Å². The van der Waals surface area contributed by atoms with Crippen LogP contribution in [0.5, 0.6) is 5.75 Å². The third-order valence-electron chi connectivity index (χ3n) is 8.71. The number of benzene rings is 2. The lowest BCUT2D eigenvalue weighted by molar-refractivity contribution is -0.144. The first-order valence-corrected chi connectivity index (χ1v) is 13.3. The van der Waals surface area contributed by atoms with E-state index in [1.807, 2.05) is 67.6 Å². The minimum absolute atomic E-state index is 0.0112. The van der Waals surface area contributed by atoms with Crippen LogP contribution in [-0.2, 0) is 16.1 Å². The highest BCUT2D eigenvalue weighted by molar-refractivity contribution is 5.79. The SMILES string of the molecule is C[C@H]1[C@@H]2[C@@H](O)[C@@H]([C@H](C)C(=O)NCc3ccccc3)CC[C@@]2(C)CC[C@@H]1NC(=O)COc1ccccc1. The lowest BCUT2D eigenvalue weighted by atomic mass is 9.51. The second-order valence-corrected chi connectivity index (χ2v) is 11.0. The molecule has 0 bridgehead atoms. The van der Waals surface area contributed by atoms with Gasteiger partial charge in [-0.15, -0.1) is 0 Å². The van der Waals surface area contributed by atoms with Crippen LogP contribution < -0.4 is 15.4 Å². The average Bonchev–Trinajstić information content (AvgIpc) is 2.89. The summed E-state index contributed by atoms with van der Waals surface area (Å²) in [7, 11) is 0. The molecular weight excluding hydrogens is 452 g/mol. The molecule has 0 spiro atoms. The largest absolute Gasteiger partial charge is 0.484 e. The second-order valence-electron chi connectivity index (χ2n) is 11.0. The van der Waals surface area contributed by atoms with Crippen LogP contribution in [0.1, 0.15) is 52.0 Å². The number of nitrogens with one attached hydrogen (secondary N) is 2. The maximum absolute atomic E-state index is 13.0. The highest BCUT2D eigenvalue weighted by Gasteiger charge is 2.53. The van der Waals surface area contributed by atoms with Gasteiger partial charge in [-0.25, -0.2) is 0 Å². The summed E-state index contributed by atoms with van der Waals surface area (Å²) < 4.78 is 5.62. The van der Waals surface area contributed by atoms with Crippen LogP contribution in [0, 0.1) is 29.1 Å². The van der Waals surface area contributed by atoms with Gasteiger partial charge in [0, 0.05) is 18.5 Å². The second kappa shape index (κ2) is 11.5. The molecule has 2 amide bonds. The molecule has 0 aliphatic heterocycles. The van der Waals surface area contributed by atoms with Gasteiger partial charge in [0.25, 0.3) is 5.91 Å².